The lowest BCUT2D eigenvalue weighted by atomic mass is 10.2. The third-order valence-electron chi connectivity index (χ3n) is 3.17. The second-order valence-corrected chi connectivity index (χ2v) is 5.56. The molecule has 2 aromatic rings. The minimum Gasteiger partial charge on any atom is -0.491 e. The van der Waals surface area contributed by atoms with Crippen molar-refractivity contribution in [3.63, 3.8) is 0 Å². The molecule has 0 radical (unpaired) electrons. The quantitative estimate of drug-likeness (QED) is 0.802. The summed E-state index contributed by atoms with van der Waals surface area (Å²) in [6.45, 7) is 8.29. The minimum absolute atomic E-state index is 0.176. The van der Waals surface area contributed by atoms with E-state index in [1.807, 2.05) is 44.2 Å². The van der Waals surface area contributed by atoms with Crippen molar-refractivity contribution in [2.24, 2.45) is 0 Å². The SMILES string of the molecule is CCC(C)Nc1cc(Nc2ccc(OC(C)C)cc2)ncn1. The molecule has 0 saturated heterocycles. The predicted molar refractivity (Wildman–Crippen MR) is 90.9 cm³/mol. The summed E-state index contributed by atoms with van der Waals surface area (Å²) < 4.78 is 5.63. The lowest BCUT2D eigenvalue weighted by molar-refractivity contribution is 0.242. The number of hydrogen-bond donors (Lipinski definition) is 2. The average Bonchev–Trinajstić information content (AvgIpc) is 2.49. The Morgan fingerprint density at radius 2 is 1.73 bits per heavy atom. The predicted octanol–water partition coefficient (Wildman–Crippen LogP) is 4.22. The summed E-state index contributed by atoms with van der Waals surface area (Å²) in [7, 11) is 0. The first-order chi connectivity index (χ1) is 10.6. The first kappa shape index (κ1) is 16.1. The van der Waals surface area contributed by atoms with Crippen LogP contribution in [0.15, 0.2) is 36.7 Å². The Morgan fingerprint density at radius 3 is 2.36 bits per heavy atom. The molecule has 0 spiro atoms. The molecule has 0 saturated carbocycles. The molecule has 2 N–H and O–H groups in total. The largest absolute Gasteiger partial charge is 0.491 e. The van der Waals surface area contributed by atoms with Gasteiger partial charge in [-0.3, -0.25) is 0 Å². The van der Waals surface area contributed by atoms with E-state index < -0.39 is 0 Å². The fourth-order valence-corrected chi connectivity index (χ4v) is 1.90. The van der Waals surface area contributed by atoms with E-state index in [0.717, 1.165) is 29.5 Å². The standard InChI is InChI=1S/C17H24N4O/c1-5-13(4)20-16-10-17(19-11-18-16)21-14-6-8-15(9-7-14)22-12(2)3/h6-13H,5H2,1-4H3,(H2,18,19,20,21). The van der Waals surface area contributed by atoms with E-state index in [9.17, 15) is 0 Å². The summed E-state index contributed by atoms with van der Waals surface area (Å²) in [5, 5.41) is 6.61. The molecular weight excluding hydrogens is 276 g/mol. The number of hydrogen-bond acceptors (Lipinski definition) is 5. The first-order valence-electron chi connectivity index (χ1n) is 7.69. The van der Waals surface area contributed by atoms with Crippen LogP contribution in [0.1, 0.15) is 34.1 Å². The maximum absolute atomic E-state index is 5.63. The molecule has 1 unspecified atom stereocenters. The van der Waals surface area contributed by atoms with Crippen LogP contribution in [0.25, 0.3) is 0 Å². The maximum atomic E-state index is 5.63. The summed E-state index contributed by atoms with van der Waals surface area (Å²) in [5.74, 6) is 2.45. The molecule has 0 fully saturated rings. The van der Waals surface area contributed by atoms with Gasteiger partial charge in [-0.15, -0.1) is 0 Å². The van der Waals surface area contributed by atoms with Crippen molar-refractivity contribution in [2.45, 2.75) is 46.3 Å². The topological polar surface area (TPSA) is 59.1 Å². The molecule has 0 aliphatic rings. The van der Waals surface area contributed by atoms with Gasteiger partial charge in [0.2, 0.25) is 0 Å². The van der Waals surface area contributed by atoms with Gasteiger partial charge in [-0.05, 0) is 51.5 Å². The normalized spacial score (nSPS) is 12.0. The molecule has 0 aliphatic carbocycles. The van der Waals surface area contributed by atoms with Crippen molar-refractivity contribution in [1.29, 1.82) is 0 Å². The molecule has 1 aromatic heterocycles. The third kappa shape index (κ3) is 4.91. The van der Waals surface area contributed by atoms with Crippen molar-refractivity contribution in [1.82, 2.24) is 9.97 Å². The molecular formula is C17H24N4O. The van der Waals surface area contributed by atoms with Crippen LogP contribution < -0.4 is 15.4 Å². The van der Waals surface area contributed by atoms with Gasteiger partial charge in [-0.25, -0.2) is 9.97 Å². The van der Waals surface area contributed by atoms with Gasteiger partial charge in [0.15, 0.2) is 0 Å². The molecule has 0 amide bonds. The van der Waals surface area contributed by atoms with E-state index in [2.05, 4.69) is 34.4 Å². The fraction of sp³-hybridized carbons (Fsp3) is 0.412. The molecule has 5 heteroatoms. The summed E-state index contributed by atoms with van der Waals surface area (Å²) in [6, 6.07) is 10.1. The van der Waals surface area contributed by atoms with Crippen LogP contribution in [-0.4, -0.2) is 22.1 Å². The Kier molecular flexibility index (Phi) is 5.58. The number of rotatable bonds is 7. The van der Waals surface area contributed by atoms with Gasteiger partial charge in [-0.2, -0.15) is 0 Å². The number of anilines is 3. The number of benzene rings is 1. The highest BCUT2D eigenvalue weighted by Crippen LogP contribution is 2.20. The van der Waals surface area contributed by atoms with Crippen LogP contribution in [-0.2, 0) is 0 Å². The van der Waals surface area contributed by atoms with E-state index in [4.69, 9.17) is 4.74 Å². The smallest absolute Gasteiger partial charge is 0.135 e. The van der Waals surface area contributed by atoms with Gasteiger partial charge >= 0.3 is 0 Å². The molecule has 1 aromatic carbocycles. The highest BCUT2D eigenvalue weighted by atomic mass is 16.5. The molecule has 2 rings (SSSR count). The summed E-state index contributed by atoms with van der Waals surface area (Å²) in [6.07, 6.45) is 2.78. The minimum atomic E-state index is 0.176. The third-order valence-corrected chi connectivity index (χ3v) is 3.17. The van der Waals surface area contributed by atoms with Gasteiger partial charge in [0.05, 0.1) is 6.10 Å². The van der Waals surface area contributed by atoms with Gasteiger partial charge in [0.1, 0.15) is 23.7 Å². The second kappa shape index (κ2) is 7.64. The van der Waals surface area contributed by atoms with Crippen LogP contribution in [0.5, 0.6) is 5.75 Å². The molecule has 5 nitrogen and oxygen atoms in total. The van der Waals surface area contributed by atoms with E-state index >= 15 is 0 Å². The number of ether oxygens (including phenoxy) is 1. The van der Waals surface area contributed by atoms with Crippen LogP contribution >= 0.6 is 0 Å². The summed E-state index contributed by atoms with van der Waals surface area (Å²) >= 11 is 0. The lowest BCUT2D eigenvalue weighted by Gasteiger charge is -2.13. The summed E-state index contributed by atoms with van der Waals surface area (Å²) in [5.41, 5.74) is 0.962. The molecule has 0 aliphatic heterocycles. The van der Waals surface area contributed by atoms with Crippen molar-refractivity contribution < 1.29 is 4.74 Å². The van der Waals surface area contributed by atoms with Crippen molar-refractivity contribution >= 4 is 17.3 Å². The Balaban J connectivity index is 2.02. The molecule has 118 valence electrons. The van der Waals surface area contributed by atoms with Gasteiger partial charge in [-0.1, -0.05) is 6.92 Å². The van der Waals surface area contributed by atoms with Crippen molar-refractivity contribution in [2.75, 3.05) is 10.6 Å². The van der Waals surface area contributed by atoms with Gasteiger partial charge < -0.3 is 15.4 Å². The lowest BCUT2D eigenvalue weighted by Crippen LogP contribution is -2.14. The Labute approximate surface area is 132 Å². The van der Waals surface area contributed by atoms with E-state index in [0.29, 0.717) is 6.04 Å². The number of nitrogens with one attached hydrogen (secondary N) is 2. The molecule has 1 atom stereocenters. The maximum Gasteiger partial charge on any atom is 0.135 e. The van der Waals surface area contributed by atoms with Crippen LogP contribution in [0, 0.1) is 0 Å². The molecule has 1 heterocycles. The van der Waals surface area contributed by atoms with E-state index in [1.54, 1.807) is 6.33 Å². The Hall–Kier alpha value is -2.30. The van der Waals surface area contributed by atoms with E-state index in [-0.39, 0.29) is 6.10 Å². The molecule has 22 heavy (non-hydrogen) atoms. The average molecular weight is 300 g/mol. The zero-order valence-electron chi connectivity index (χ0n) is 13.6. The Bertz CT molecular complexity index is 583. The number of nitrogens with zero attached hydrogens (tertiary/aromatic N) is 2. The Morgan fingerprint density at radius 1 is 1.05 bits per heavy atom. The highest BCUT2D eigenvalue weighted by Gasteiger charge is 2.03. The van der Waals surface area contributed by atoms with Crippen LogP contribution in [0.3, 0.4) is 0 Å². The first-order valence-corrected chi connectivity index (χ1v) is 7.69. The van der Waals surface area contributed by atoms with Crippen LogP contribution in [0.2, 0.25) is 0 Å². The zero-order chi connectivity index (χ0) is 15.9. The molecule has 0 bridgehead atoms. The van der Waals surface area contributed by atoms with E-state index in [1.165, 1.54) is 0 Å². The van der Waals surface area contributed by atoms with Crippen molar-refractivity contribution in [3.05, 3.63) is 36.7 Å². The van der Waals surface area contributed by atoms with Crippen molar-refractivity contribution in [3.8, 4) is 5.75 Å². The van der Waals surface area contributed by atoms with Crippen LogP contribution in [0.4, 0.5) is 17.3 Å². The van der Waals surface area contributed by atoms with Gasteiger partial charge in [0, 0.05) is 17.8 Å². The second-order valence-electron chi connectivity index (χ2n) is 5.56. The highest BCUT2D eigenvalue weighted by molar-refractivity contribution is 5.59. The van der Waals surface area contributed by atoms with Gasteiger partial charge in [0.25, 0.3) is 0 Å². The summed E-state index contributed by atoms with van der Waals surface area (Å²) in [4.78, 5) is 8.48. The number of aromatic nitrogens is 2. The monoisotopic (exact) mass is 300 g/mol. The fourth-order valence-electron chi connectivity index (χ4n) is 1.90. The zero-order valence-corrected chi connectivity index (χ0v) is 13.6.